The molecule has 0 aliphatic rings. The fourth-order valence-corrected chi connectivity index (χ4v) is 3.27. The summed E-state index contributed by atoms with van der Waals surface area (Å²) in [7, 11) is 0. The highest BCUT2D eigenvalue weighted by Crippen LogP contribution is 2.17. The molecule has 1 N–H and O–H groups in total. The Morgan fingerprint density at radius 1 is 1.05 bits per heavy atom. The first-order chi connectivity index (χ1) is 10.1. The predicted octanol–water partition coefficient (Wildman–Crippen LogP) is 4.13. The topological polar surface area (TPSA) is 29.1 Å². The minimum atomic E-state index is 0.0265. The van der Waals surface area contributed by atoms with E-state index in [0.717, 1.165) is 22.4 Å². The molecule has 2 rings (SSSR count). The Bertz CT molecular complexity index is 599. The lowest BCUT2D eigenvalue weighted by atomic mass is 9.99. The Hall–Kier alpha value is -1.74. The third kappa shape index (κ3) is 4.36. The number of aryl methyl sites for hydroxylation is 3. The number of rotatable bonds is 5. The van der Waals surface area contributed by atoms with Gasteiger partial charge in [0, 0.05) is 22.8 Å². The van der Waals surface area contributed by atoms with Crippen molar-refractivity contribution >= 4 is 17.7 Å². The van der Waals surface area contributed by atoms with Crippen LogP contribution in [0.3, 0.4) is 0 Å². The largest absolute Gasteiger partial charge is 0.351 e. The van der Waals surface area contributed by atoms with Crippen molar-refractivity contribution in [3.8, 4) is 0 Å². The molecule has 0 atom stereocenters. The van der Waals surface area contributed by atoms with Crippen LogP contribution in [0.15, 0.2) is 47.4 Å². The van der Waals surface area contributed by atoms with E-state index in [0.29, 0.717) is 6.54 Å². The van der Waals surface area contributed by atoms with Crippen LogP contribution in [0.2, 0.25) is 0 Å². The van der Waals surface area contributed by atoms with Crippen LogP contribution in [0.4, 0.5) is 0 Å². The van der Waals surface area contributed by atoms with E-state index in [4.69, 9.17) is 0 Å². The zero-order chi connectivity index (χ0) is 15.2. The maximum atomic E-state index is 12.3. The summed E-state index contributed by atoms with van der Waals surface area (Å²) in [4.78, 5) is 13.5. The molecule has 3 heteroatoms. The van der Waals surface area contributed by atoms with Crippen LogP contribution in [-0.4, -0.2) is 18.2 Å². The summed E-state index contributed by atoms with van der Waals surface area (Å²) in [5, 5.41) is 3.01. The molecule has 2 nitrogen and oxygen atoms in total. The van der Waals surface area contributed by atoms with Gasteiger partial charge in [-0.15, -0.1) is 11.8 Å². The van der Waals surface area contributed by atoms with Gasteiger partial charge in [0.1, 0.15) is 0 Å². The summed E-state index contributed by atoms with van der Waals surface area (Å²) in [6, 6.07) is 14.3. The van der Waals surface area contributed by atoms with Crippen LogP contribution in [-0.2, 0) is 0 Å². The van der Waals surface area contributed by atoms with Crippen LogP contribution in [0.25, 0.3) is 0 Å². The zero-order valence-electron chi connectivity index (χ0n) is 12.8. The number of thioether (sulfide) groups is 1. The van der Waals surface area contributed by atoms with E-state index >= 15 is 0 Å². The first kappa shape index (κ1) is 15.6. The second-order valence-corrected chi connectivity index (χ2v) is 6.36. The highest BCUT2D eigenvalue weighted by atomic mass is 32.2. The molecule has 0 saturated heterocycles. The molecular formula is C18H21NOS. The molecule has 0 fully saturated rings. The van der Waals surface area contributed by atoms with Gasteiger partial charge in [-0.2, -0.15) is 0 Å². The van der Waals surface area contributed by atoms with Crippen LogP contribution in [0.1, 0.15) is 27.0 Å². The first-order valence-electron chi connectivity index (χ1n) is 7.12. The summed E-state index contributed by atoms with van der Waals surface area (Å²) < 4.78 is 0. The number of carbonyl (C=O) groups excluding carboxylic acids is 1. The maximum Gasteiger partial charge on any atom is 0.251 e. The fourth-order valence-electron chi connectivity index (χ4n) is 2.48. The standard InChI is InChI=1S/C18H21NOS/c1-13-11-14(2)17(15(3)12-13)18(20)19-9-10-21-16-7-5-4-6-8-16/h4-8,11-12H,9-10H2,1-3H3,(H,19,20). The summed E-state index contributed by atoms with van der Waals surface area (Å²) >= 11 is 1.75. The van der Waals surface area contributed by atoms with E-state index in [9.17, 15) is 4.79 Å². The fraction of sp³-hybridized carbons (Fsp3) is 0.278. The van der Waals surface area contributed by atoms with Crippen molar-refractivity contribution in [3.63, 3.8) is 0 Å². The van der Waals surface area contributed by atoms with Gasteiger partial charge in [-0.05, 0) is 44.0 Å². The van der Waals surface area contributed by atoms with Gasteiger partial charge in [0.05, 0.1) is 0 Å². The zero-order valence-corrected chi connectivity index (χ0v) is 13.6. The smallest absolute Gasteiger partial charge is 0.251 e. The lowest BCUT2D eigenvalue weighted by molar-refractivity contribution is 0.0955. The lowest BCUT2D eigenvalue weighted by Gasteiger charge is -2.11. The highest BCUT2D eigenvalue weighted by molar-refractivity contribution is 7.99. The highest BCUT2D eigenvalue weighted by Gasteiger charge is 2.12. The first-order valence-corrected chi connectivity index (χ1v) is 8.10. The van der Waals surface area contributed by atoms with Crippen LogP contribution < -0.4 is 5.32 Å². The molecule has 0 bridgehead atoms. The van der Waals surface area contributed by atoms with Gasteiger partial charge >= 0.3 is 0 Å². The van der Waals surface area contributed by atoms with E-state index in [1.807, 2.05) is 32.0 Å². The van der Waals surface area contributed by atoms with E-state index in [-0.39, 0.29) is 5.91 Å². The van der Waals surface area contributed by atoms with Gasteiger partial charge in [0.25, 0.3) is 5.91 Å². The Labute approximate surface area is 131 Å². The normalized spacial score (nSPS) is 10.4. The molecule has 1 amide bonds. The van der Waals surface area contributed by atoms with Crippen molar-refractivity contribution in [3.05, 3.63) is 64.7 Å². The monoisotopic (exact) mass is 299 g/mol. The number of benzene rings is 2. The molecule has 0 aliphatic carbocycles. The Kier molecular flexibility index (Phi) is 5.45. The van der Waals surface area contributed by atoms with Crippen molar-refractivity contribution in [2.75, 3.05) is 12.3 Å². The molecular weight excluding hydrogens is 278 g/mol. The summed E-state index contributed by atoms with van der Waals surface area (Å²) in [5.74, 6) is 0.901. The van der Waals surface area contributed by atoms with E-state index < -0.39 is 0 Å². The molecule has 0 aromatic heterocycles. The second-order valence-electron chi connectivity index (χ2n) is 5.19. The third-order valence-corrected chi connectivity index (χ3v) is 4.32. The molecule has 0 spiro atoms. The molecule has 0 radical (unpaired) electrons. The van der Waals surface area contributed by atoms with Crippen LogP contribution in [0.5, 0.6) is 0 Å². The number of hydrogen-bond donors (Lipinski definition) is 1. The molecule has 21 heavy (non-hydrogen) atoms. The van der Waals surface area contributed by atoms with Gasteiger partial charge < -0.3 is 5.32 Å². The van der Waals surface area contributed by atoms with Crippen molar-refractivity contribution in [2.45, 2.75) is 25.7 Å². The van der Waals surface area contributed by atoms with Crippen molar-refractivity contribution in [2.24, 2.45) is 0 Å². The van der Waals surface area contributed by atoms with E-state index in [1.54, 1.807) is 11.8 Å². The molecule has 0 heterocycles. The number of amides is 1. The third-order valence-electron chi connectivity index (χ3n) is 3.30. The minimum Gasteiger partial charge on any atom is -0.351 e. The van der Waals surface area contributed by atoms with Crippen LogP contribution in [0, 0.1) is 20.8 Å². The van der Waals surface area contributed by atoms with Gasteiger partial charge in [-0.3, -0.25) is 4.79 Å². The van der Waals surface area contributed by atoms with Crippen LogP contribution >= 0.6 is 11.8 Å². The van der Waals surface area contributed by atoms with E-state index in [1.165, 1.54) is 10.5 Å². The van der Waals surface area contributed by atoms with Gasteiger partial charge in [-0.25, -0.2) is 0 Å². The molecule has 0 saturated carbocycles. The van der Waals surface area contributed by atoms with Gasteiger partial charge in [-0.1, -0.05) is 35.9 Å². The maximum absolute atomic E-state index is 12.3. The molecule has 0 unspecified atom stereocenters. The molecule has 0 aliphatic heterocycles. The lowest BCUT2D eigenvalue weighted by Crippen LogP contribution is -2.27. The summed E-state index contributed by atoms with van der Waals surface area (Å²) in [6.45, 7) is 6.71. The Morgan fingerprint density at radius 3 is 2.29 bits per heavy atom. The van der Waals surface area contributed by atoms with Gasteiger partial charge in [0.2, 0.25) is 0 Å². The summed E-state index contributed by atoms with van der Waals surface area (Å²) in [6.07, 6.45) is 0. The quantitative estimate of drug-likeness (QED) is 0.664. The molecule has 110 valence electrons. The predicted molar refractivity (Wildman–Crippen MR) is 90.2 cm³/mol. The summed E-state index contributed by atoms with van der Waals surface area (Å²) in [5.41, 5.74) is 4.09. The molecule has 2 aromatic rings. The number of hydrogen-bond acceptors (Lipinski definition) is 2. The van der Waals surface area contributed by atoms with Crippen molar-refractivity contribution in [1.82, 2.24) is 5.32 Å². The van der Waals surface area contributed by atoms with E-state index in [2.05, 4.69) is 36.5 Å². The average molecular weight is 299 g/mol. The van der Waals surface area contributed by atoms with Gasteiger partial charge in [0.15, 0.2) is 0 Å². The molecule has 2 aromatic carbocycles. The van der Waals surface area contributed by atoms with Crippen molar-refractivity contribution < 1.29 is 4.79 Å². The minimum absolute atomic E-state index is 0.0265. The Morgan fingerprint density at radius 2 is 1.67 bits per heavy atom. The SMILES string of the molecule is Cc1cc(C)c(C(=O)NCCSc2ccccc2)c(C)c1. The van der Waals surface area contributed by atoms with Crippen molar-refractivity contribution in [1.29, 1.82) is 0 Å². The second kappa shape index (κ2) is 7.32. The number of carbonyl (C=O) groups is 1. The average Bonchev–Trinajstić information content (AvgIpc) is 2.43. The number of nitrogens with one attached hydrogen (secondary N) is 1. The Balaban J connectivity index is 1.88.